The smallest absolute Gasteiger partial charge is 0.190 e. The number of piperidine rings is 1. The Morgan fingerprint density at radius 1 is 1.46 bits per heavy atom. The predicted octanol–water partition coefficient (Wildman–Crippen LogP) is 2.31. The lowest BCUT2D eigenvalue weighted by molar-refractivity contribution is 0.105. The van der Waals surface area contributed by atoms with Crippen LogP contribution in [-0.2, 0) is 11.3 Å². The molecule has 24 heavy (non-hydrogen) atoms. The summed E-state index contributed by atoms with van der Waals surface area (Å²) < 4.78 is 10.8. The van der Waals surface area contributed by atoms with Crippen LogP contribution in [-0.4, -0.2) is 57.7 Å². The molecule has 0 spiro atoms. The molecule has 1 aliphatic rings. The van der Waals surface area contributed by atoms with Gasteiger partial charge in [0.15, 0.2) is 5.96 Å². The molecular formula is C17H31IN4O2. The number of likely N-dealkylation sites (tertiary alicyclic amines) is 1. The topological polar surface area (TPSA) is 62.0 Å². The van der Waals surface area contributed by atoms with Gasteiger partial charge in [0, 0.05) is 33.3 Å². The van der Waals surface area contributed by atoms with Gasteiger partial charge in [0.25, 0.3) is 0 Å². The number of nitrogens with one attached hydrogen (secondary N) is 2. The number of ether oxygens (including phenoxy) is 1. The Morgan fingerprint density at radius 2 is 2.33 bits per heavy atom. The fraction of sp³-hybridized carbons (Fsp3) is 0.706. The molecule has 0 aliphatic carbocycles. The number of guanidine groups is 1. The van der Waals surface area contributed by atoms with Gasteiger partial charge in [-0.1, -0.05) is 0 Å². The lowest BCUT2D eigenvalue weighted by atomic mass is 9.99. The largest absolute Gasteiger partial charge is 0.467 e. The normalized spacial score (nSPS) is 18.9. The summed E-state index contributed by atoms with van der Waals surface area (Å²) in [5, 5.41) is 6.77. The maximum Gasteiger partial charge on any atom is 0.190 e. The third-order valence-corrected chi connectivity index (χ3v) is 4.09. The molecule has 2 N–H and O–H groups in total. The Kier molecular flexibility index (Phi) is 11.1. The second-order valence-corrected chi connectivity index (χ2v) is 6.14. The molecule has 1 aromatic rings. The molecule has 1 aromatic heterocycles. The van der Waals surface area contributed by atoms with E-state index in [-0.39, 0.29) is 24.0 Å². The summed E-state index contributed by atoms with van der Waals surface area (Å²) >= 11 is 0. The van der Waals surface area contributed by atoms with Gasteiger partial charge in [0.05, 0.1) is 6.26 Å². The van der Waals surface area contributed by atoms with Gasteiger partial charge in [0.2, 0.25) is 0 Å². The number of nitrogens with zero attached hydrogens (tertiary/aromatic N) is 2. The van der Waals surface area contributed by atoms with Crippen molar-refractivity contribution in [1.82, 2.24) is 15.5 Å². The number of rotatable bonds is 8. The highest BCUT2D eigenvalue weighted by Crippen LogP contribution is 2.13. The molecular weight excluding hydrogens is 419 g/mol. The first-order chi connectivity index (χ1) is 11.3. The van der Waals surface area contributed by atoms with Crippen LogP contribution in [0.2, 0.25) is 0 Å². The zero-order valence-electron chi connectivity index (χ0n) is 14.8. The van der Waals surface area contributed by atoms with Crippen LogP contribution in [0.5, 0.6) is 0 Å². The van der Waals surface area contributed by atoms with E-state index in [9.17, 15) is 0 Å². The molecule has 1 atom stereocenters. The monoisotopic (exact) mass is 450 g/mol. The van der Waals surface area contributed by atoms with Gasteiger partial charge < -0.3 is 24.7 Å². The molecule has 138 valence electrons. The maximum absolute atomic E-state index is 5.56. The Hall–Kier alpha value is -0.800. The summed E-state index contributed by atoms with van der Waals surface area (Å²) in [4.78, 5) is 6.68. The van der Waals surface area contributed by atoms with Gasteiger partial charge in [-0.05, 0) is 50.9 Å². The fourth-order valence-corrected chi connectivity index (χ4v) is 2.85. The standard InChI is InChI=1S/C17H30N4O2.HI/c1-18-17(20-12-15-6-3-9-21(2)13-15)19-8-5-10-22-14-16-7-4-11-23-16;/h4,7,11,15H,3,5-6,8-10,12-14H2,1-2H3,(H2,18,19,20);1H. The second-order valence-electron chi connectivity index (χ2n) is 6.14. The van der Waals surface area contributed by atoms with Crippen molar-refractivity contribution in [2.75, 3.05) is 46.9 Å². The molecule has 0 amide bonds. The zero-order chi connectivity index (χ0) is 16.3. The van der Waals surface area contributed by atoms with E-state index >= 15 is 0 Å². The number of aliphatic imine (C=N–C) groups is 1. The molecule has 7 heteroatoms. The van der Waals surface area contributed by atoms with Crippen LogP contribution in [0.15, 0.2) is 27.8 Å². The highest BCUT2D eigenvalue weighted by atomic mass is 127. The van der Waals surface area contributed by atoms with Gasteiger partial charge in [-0.2, -0.15) is 0 Å². The van der Waals surface area contributed by atoms with Crippen molar-refractivity contribution in [3.63, 3.8) is 0 Å². The first-order valence-corrected chi connectivity index (χ1v) is 8.51. The summed E-state index contributed by atoms with van der Waals surface area (Å²) in [6.45, 7) is 5.47. The minimum Gasteiger partial charge on any atom is -0.467 e. The van der Waals surface area contributed by atoms with Crippen molar-refractivity contribution in [3.05, 3.63) is 24.2 Å². The molecule has 0 bridgehead atoms. The van der Waals surface area contributed by atoms with E-state index < -0.39 is 0 Å². The van der Waals surface area contributed by atoms with Gasteiger partial charge >= 0.3 is 0 Å². The second kappa shape index (κ2) is 12.5. The molecule has 1 aliphatic heterocycles. The summed E-state index contributed by atoms with van der Waals surface area (Å²) in [5.74, 6) is 2.46. The number of halogens is 1. The average Bonchev–Trinajstić information content (AvgIpc) is 3.07. The average molecular weight is 450 g/mol. The van der Waals surface area contributed by atoms with Crippen LogP contribution in [0.25, 0.3) is 0 Å². The van der Waals surface area contributed by atoms with Crippen molar-refractivity contribution in [3.8, 4) is 0 Å². The molecule has 6 nitrogen and oxygen atoms in total. The third kappa shape index (κ3) is 8.34. The van der Waals surface area contributed by atoms with Gasteiger partial charge in [0.1, 0.15) is 12.4 Å². The Labute approximate surface area is 162 Å². The van der Waals surface area contributed by atoms with E-state index in [2.05, 4.69) is 27.6 Å². The van der Waals surface area contributed by atoms with Gasteiger partial charge in [-0.3, -0.25) is 4.99 Å². The molecule has 0 saturated carbocycles. The quantitative estimate of drug-likeness (QED) is 0.276. The first-order valence-electron chi connectivity index (χ1n) is 8.51. The molecule has 1 fully saturated rings. The van der Waals surface area contributed by atoms with E-state index in [1.807, 2.05) is 19.2 Å². The Balaban J connectivity index is 0.00000288. The lowest BCUT2D eigenvalue weighted by Gasteiger charge is -2.30. The van der Waals surface area contributed by atoms with Crippen molar-refractivity contribution in [2.45, 2.75) is 25.9 Å². The van der Waals surface area contributed by atoms with Crippen molar-refractivity contribution in [2.24, 2.45) is 10.9 Å². The zero-order valence-corrected chi connectivity index (χ0v) is 17.1. The minimum absolute atomic E-state index is 0. The highest BCUT2D eigenvalue weighted by molar-refractivity contribution is 14.0. The molecule has 0 aromatic carbocycles. The van der Waals surface area contributed by atoms with Crippen molar-refractivity contribution < 1.29 is 9.15 Å². The Morgan fingerprint density at radius 3 is 3.04 bits per heavy atom. The summed E-state index contributed by atoms with van der Waals surface area (Å²) in [6, 6.07) is 3.80. The summed E-state index contributed by atoms with van der Waals surface area (Å²) in [7, 11) is 4.01. The molecule has 0 radical (unpaired) electrons. The van der Waals surface area contributed by atoms with Crippen LogP contribution >= 0.6 is 24.0 Å². The van der Waals surface area contributed by atoms with Crippen molar-refractivity contribution in [1.29, 1.82) is 0 Å². The predicted molar refractivity (Wildman–Crippen MR) is 108 cm³/mol. The van der Waals surface area contributed by atoms with E-state index in [0.717, 1.165) is 31.2 Å². The number of hydrogen-bond donors (Lipinski definition) is 2. The molecule has 2 heterocycles. The molecule has 1 saturated heterocycles. The first kappa shape index (κ1) is 21.2. The summed E-state index contributed by atoms with van der Waals surface area (Å²) in [6.07, 6.45) is 5.20. The van der Waals surface area contributed by atoms with E-state index in [4.69, 9.17) is 9.15 Å². The van der Waals surface area contributed by atoms with Crippen LogP contribution < -0.4 is 10.6 Å². The molecule has 2 rings (SSSR count). The minimum atomic E-state index is 0. The van der Waals surface area contributed by atoms with Gasteiger partial charge in [-0.25, -0.2) is 0 Å². The lowest BCUT2D eigenvalue weighted by Crippen LogP contribution is -2.43. The van der Waals surface area contributed by atoms with Crippen LogP contribution in [0, 0.1) is 5.92 Å². The van der Waals surface area contributed by atoms with Crippen LogP contribution in [0.1, 0.15) is 25.0 Å². The van der Waals surface area contributed by atoms with Crippen LogP contribution in [0.3, 0.4) is 0 Å². The Bertz CT molecular complexity index is 453. The van der Waals surface area contributed by atoms with Gasteiger partial charge in [-0.15, -0.1) is 24.0 Å². The fourth-order valence-electron chi connectivity index (χ4n) is 2.85. The maximum atomic E-state index is 5.56. The highest BCUT2D eigenvalue weighted by Gasteiger charge is 2.17. The third-order valence-electron chi connectivity index (χ3n) is 4.09. The van der Waals surface area contributed by atoms with E-state index in [1.165, 1.54) is 25.9 Å². The summed E-state index contributed by atoms with van der Waals surface area (Å²) in [5.41, 5.74) is 0. The van der Waals surface area contributed by atoms with E-state index in [1.54, 1.807) is 6.26 Å². The SMILES string of the molecule is CN=C(NCCCOCc1ccco1)NCC1CCCN(C)C1.I. The number of hydrogen-bond acceptors (Lipinski definition) is 4. The van der Waals surface area contributed by atoms with Crippen LogP contribution in [0.4, 0.5) is 0 Å². The number of furan rings is 1. The molecule has 1 unspecified atom stereocenters. The van der Waals surface area contributed by atoms with E-state index in [0.29, 0.717) is 19.1 Å². The van der Waals surface area contributed by atoms with Crippen molar-refractivity contribution >= 4 is 29.9 Å².